The average molecular weight is 408 g/mol. The summed E-state index contributed by atoms with van der Waals surface area (Å²) in [6.07, 6.45) is 1.65. The molecule has 0 fully saturated rings. The maximum Gasteiger partial charge on any atom is 0.275 e. The van der Waals surface area contributed by atoms with Gasteiger partial charge in [0.25, 0.3) is 11.6 Å². The van der Waals surface area contributed by atoms with Gasteiger partial charge in [0.1, 0.15) is 11.5 Å². The predicted octanol–water partition coefficient (Wildman–Crippen LogP) is 5.09. The van der Waals surface area contributed by atoms with Crippen LogP contribution in [0.2, 0.25) is 0 Å². The molecule has 1 aromatic heterocycles. The molecular formula is C22H24N4O4. The first-order chi connectivity index (χ1) is 14.2. The topological polar surface area (TPSA) is 99.3 Å². The van der Waals surface area contributed by atoms with Crippen LogP contribution in [0, 0.1) is 37.8 Å². The zero-order valence-electron chi connectivity index (χ0n) is 17.6. The molecule has 0 saturated heterocycles. The third-order valence-electron chi connectivity index (χ3n) is 4.87. The van der Waals surface area contributed by atoms with Gasteiger partial charge in [-0.05, 0) is 57.4 Å². The molecular weight excluding hydrogens is 384 g/mol. The first-order valence-electron chi connectivity index (χ1n) is 9.58. The van der Waals surface area contributed by atoms with E-state index in [1.165, 1.54) is 12.1 Å². The number of nitro groups is 1. The maximum absolute atomic E-state index is 12.7. The van der Waals surface area contributed by atoms with E-state index in [2.05, 4.69) is 10.4 Å². The van der Waals surface area contributed by atoms with E-state index in [0.717, 1.165) is 16.7 Å². The van der Waals surface area contributed by atoms with Crippen LogP contribution in [0.3, 0.4) is 0 Å². The fourth-order valence-corrected chi connectivity index (χ4v) is 3.15. The molecule has 156 valence electrons. The van der Waals surface area contributed by atoms with Gasteiger partial charge in [-0.15, -0.1) is 0 Å². The molecule has 1 N–H and O–H groups in total. The summed E-state index contributed by atoms with van der Waals surface area (Å²) >= 11 is 0. The number of ether oxygens (including phenoxy) is 1. The lowest BCUT2D eigenvalue weighted by molar-refractivity contribution is -0.384. The summed E-state index contributed by atoms with van der Waals surface area (Å²) in [5, 5.41) is 18.4. The van der Waals surface area contributed by atoms with Crippen molar-refractivity contribution >= 4 is 17.3 Å². The highest BCUT2D eigenvalue weighted by Gasteiger charge is 2.17. The van der Waals surface area contributed by atoms with E-state index in [-0.39, 0.29) is 23.0 Å². The Labute approximate surface area is 174 Å². The quantitative estimate of drug-likeness (QED) is 0.452. The van der Waals surface area contributed by atoms with Crippen LogP contribution >= 0.6 is 0 Å². The van der Waals surface area contributed by atoms with Crippen LogP contribution in [-0.2, 0) is 6.54 Å². The number of aromatic nitrogens is 2. The SMILES string of the molecule is CCn1cc(C(=O)Nc2cc(Oc3cc(C)cc(C)c3C)cc([N+](=O)[O-])c2)c(C)n1. The van der Waals surface area contributed by atoms with Crippen molar-refractivity contribution in [2.24, 2.45) is 0 Å². The number of nitro benzene ring substituents is 1. The lowest BCUT2D eigenvalue weighted by Crippen LogP contribution is -2.12. The maximum atomic E-state index is 12.7. The summed E-state index contributed by atoms with van der Waals surface area (Å²) in [5.41, 5.74) is 4.13. The van der Waals surface area contributed by atoms with Gasteiger partial charge < -0.3 is 10.1 Å². The molecule has 8 nitrogen and oxygen atoms in total. The Morgan fingerprint density at radius 1 is 1.17 bits per heavy atom. The van der Waals surface area contributed by atoms with E-state index in [1.807, 2.05) is 39.8 Å². The lowest BCUT2D eigenvalue weighted by Gasteiger charge is -2.13. The number of nitrogens with one attached hydrogen (secondary N) is 1. The molecule has 1 heterocycles. The Bertz CT molecular complexity index is 1130. The third kappa shape index (κ3) is 4.48. The van der Waals surface area contributed by atoms with E-state index in [1.54, 1.807) is 23.9 Å². The number of benzene rings is 2. The molecule has 2 aromatic carbocycles. The van der Waals surface area contributed by atoms with Gasteiger partial charge in [0.2, 0.25) is 0 Å². The molecule has 1 amide bonds. The number of carbonyl (C=O) groups is 1. The van der Waals surface area contributed by atoms with E-state index >= 15 is 0 Å². The number of non-ortho nitro benzene ring substituents is 1. The Balaban J connectivity index is 1.94. The molecule has 3 aromatic rings. The van der Waals surface area contributed by atoms with Crippen LogP contribution < -0.4 is 10.1 Å². The van der Waals surface area contributed by atoms with Crippen LogP contribution in [-0.4, -0.2) is 20.6 Å². The molecule has 0 saturated carbocycles. The van der Waals surface area contributed by atoms with Crippen molar-refractivity contribution in [3.8, 4) is 11.5 Å². The highest BCUT2D eigenvalue weighted by Crippen LogP contribution is 2.33. The first-order valence-corrected chi connectivity index (χ1v) is 9.58. The molecule has 0 unspecified atom stereocenters. The number of amides is 1. The standard InChI is InChI=1S/C22H24N4O4/c1-6-25-12-20(16(5)24-25)22(27)23-17-9-18(26(28)29)11-19(10-17)30-21-8-13(2)7-14(3)15(21)4/h7-12H,6H2,1-5H3,(H,23,27). The molecule has 0 aliphatic carbocycles. The number of carbonyl (C=O) groups excluding carboxylic acids is 1. The summed E-state index contributed by atoms with van der Waals surface area (Å²) in [7, 11) is 0. The van der Waals surface area contributed by atoms with Gasteiger partial charge in [-0.3, -0.25) is 19.6 Å². The minimum Gasteiger partial charge on any atom is -0.457 e. The minimum atomic E-state index is -0.517. The highest BCUT2D eigenvalue weighted by atomic mass is 16.6. The van der Waals surface area contributed by atoms with Crippen LogP contribution in [0.25, 0.3) is 0 Å². The largest absolute Gasteiger partial charge is 0.457 e. The van der Waals surface area contributed by atoms with E-state index in [9.17, 15) is 14.9 Å². The summed E-state index contributed by atoms with van der Waals surface area (Å²) < 4.78 is 7.62. The zero-order chi connectivity index (χ0) is 22.0. The zero-order valence-corrected chi connectivity index (χ0v) is 17.6. The highest BCUT2D eigenvalue weighted by molar-refractivity contribution is 6.05. The van der Waals surface area contributed by atoms with Crippen molar-refractivity contribution in [2.75, 3.05) is 5.32 Å². The van der Waals surface area contributed by atoms with E-state index in [0.29, 0.717) is 23.6 Å². The van der Waals surface area contributed by atoms with Crippen molar-refractivity contribution in [3.63, 3.8) is 0 Å². The van der Waals surface area contributed by atoms with Gasteiger partial charge in [0, 0.05) is 24.9 Å². The van der Waals surface area contributed by atoms with Gasteiger partial charge in [-0.25, -0.2) is 0 Å². The van der Waals surface area contributed by atoms with Crippen molar-refractivity contribution in [3.05, 3.63) is 74.6 Å². The Kier molecular flexibility index (Phi) is 5.86. The molecule has 0 spiro atoms. The monoisotopic (exact) mass is 408 g/mol. The van der Waals surface area contributed by atoms with Crippen molar-refractivity contribution in [2.45, 2.75) is 41.2 Å². The minimum absolute atomic E-state index is 0.175. The van der Waals surface area contributed by atoms with Crippen molar-refractivity contribution in [1.29, 1.82) is 0 Å². The number of anilines is 1. The van der Waals surface area contributed by atoms with Crippen LogP contribution in [0.15, 0.2) is 36.5 Å². The smallest absolute Gasteiger partial charge is 0.275 e. The third-order valence-corrected chi connectivity index (χ3v) is 4.87. The summed E-state index contributed by atoms with van der Waals surface area (Å²) in [6.45, 7) is 10.2. The number of aryl methyl sites for hydroxylation is 4. The Morgan fingerprint density at radius 3 is 2.53 bits per heavy atom. The fraction of sp³-hybridized carbons (Fsp3) is 0.273. The normalized spacial score (nSPS) is 10.7. The second-order valence-corrected chi connectivity index (χ2v) is 7.22. The Morgan fingerprint density at radius 2 is 1.90 bits per heavy atom. The van der Waals surface area contributed by atoms with Gasteiger partial charge >= 0.3 is 0 Å². The van der Waals surface area contributed by atoms with Crippen molar-refractivity contribution in [1.82, 2.24) is 9.78 Å². The average Bonchev–Trinajstić information content (AvgIpc) is 3.06. The molecule has 8 heteroatoms. The van der Waals surface area contributed by atoms with Crippen molar-refractivity contribution < 1.29 is 14.5 Å². The van der Waals surface area contributed by atoms with Gasteiger partial charge in [0.05, 0.1) is 27.9 Å². The molecule has 0 bridgehead atoms. The molecule has 0 aliphatic rings. The molecule has 0 radical (unpaired) electrons. The lowest BCUT2D eigenvalue weighted by atomic mass is 10.1. The van der Waals surface area contributed by atoms with Gasteiger partial charge in [-0.2, -0.15) is 5.10 Å². The number of hydrogen-bond donors (Lipinski definition) is 1. The molecule has 0 aliphatic heterocycles. The summed E-state index contributed by atoms with van der Waals surface area (Å²) in [4.78, 5) is 23.6. The van der Waals surface area contributed by atoms with Crippen LogP contribution in [0.4, 0.5) is 11.4 Å². The molecule has 30 heavy (non-hydrogen) atoms. The number of hydrogen-bond acceptors (Lipinski definition) is 5. The summed E-state index contributed by atoms with van der Waals surface area (Å²) in [6, 6.07) is 8.13. The number of nitrogens with zero attached hydrogens (tertiary/aromatic N) is 3. The Hall–Kier alpha value is -3.68. The second-order valence-electron chi connectivity index (χ2n) is 7.22. The van der Waals surface area contributed by atoms with Gasteiger partial charge in [0.15, 0.2) is 0 Å². The summed E-state index contributed by atoms with van der Waals surface area (Å²) in [5.74, 6) is 0.500. The predicted molar refractivity (Wildman–Crippen MR) is 114 cm³/mol. The first kappa shape index (κ1) is 21.0. The number of rotatable bonds is 6. The van der Waals surface area contributed by atoms with Crippen LogP contribution in [0.5, 0.6) is 11.5 Å². The molecule has 0 atom stereocenters. The molecule has 3 rings (SSSR count). The van der Waals surface area contributed by atoms with Gasteiger partial charge in [-0.1, -0.05) is 6.07 Å². The van der Waals surface area contributed by atoms with Crippen LogP contribution in [0.1, 0.15) is 39.7 Å². The second kappa shape index (κ2) is 8.36. The fourth-order valence-electron chi connectivity index (χ4n) is 3.15. The van der Waals surface area contributed by atoms with E-state index < -0.39 is 4.92 Å². The van der Waals surface area contributed by atoms with E-state index in [4.69, 9.17) is 4.74 Å².